The van der Waals surface area contributed by atoms with E-state index in [0.29, 0.717) is 17.1 Å². The van der Waals surface area contributed by atoms with Gasteiger partial charge in [0.05, 0.1) is 14.2 Å². The van der Waals surface area contributed by atoms with Crippen LogP contribution in [0, 0.1) is 0 Å². The van der Waals surface area contributed by atoms with Gasteiger partial charge in [-0.25, -0.2) is 0 Å². The van der Waals surface area contributed by atoms with E-state index >= 15 is 0 Å². The number of hydrogen-bond acceptors (Lipinski definition) is 4. The van der Waals surface area contributed by atoms with Gasteiger partial charge in [0.15, 0.2) is 0 Å². The first kappa shape index (κ1) is 13.8. The van der Waals surface area contributed by atoms with Gasteiger partial charge >= 0.3 is 0 Å². The summed E-state index contributed by atoms with van der Waals surface area (Å²) >= 11 is 0. The molecule has 0 amide bonds. The highest BCUT2D eigenvalue weighted by atomic mass is 16.5. The van der Waals surface area contributed by atoms with Crippen LogP contribution in [0.2, 0.25) is 0 Å². The largest absolute Gasteiger partial charge is 0.497 e. The van der Waals surface area contributed by atoms with E-state index in [2.05, 4.69) is 0 Å². The Kier molecular flexibility index (Phi) is 4.15. The monoisotopic (exact) mass is 270 g/mol. The lowest BCUT2D eigenvalue weighted by molar-refractivity contribution is 0.0816. The van der Waals surface area contributed by atoms with Crippen molar-refractivity contribution >= 4 is 11.6 Å². The zero-order valence-electron chi connectivity index (χ0n) is 11.3. The van der Waals surface area contributed by atoms with Crippen LogP contribution in [0.4, 0.5) is 0 Å². The average molecular weight is 270 g/mol. The van der Waals surface area contributed by atoms with E-state index in [4.69, 9.17) is 9.47 Å². The van der Waals surface area contributed by atoms with Crippen molar-refractivity contribution in [3.8, 4) is 11.5 Å². The van der Waals surface area contributed by atoms with E-state index in [-0.39, 0.29) is 5.56 Å². The number of rotatable bonds is 5. The van der Waals surface area contributed by atoms with E-state index in [1.165, 1.54) is 26.4 Å². The lowest BCUT2D eigenvalue weighted by Gasteiger charge is -2.07. The van der Waals surface area contributed by atoms with Crippen LogP contribution in [0.1, 0.15) is 20.7 Å². The summed E-state index contributed by atoms with van der Waals surface area (Å²) in [6, 6.07) is 13.1. The number of methoxy groups -OCH3 is 2. The zero-order chi connectivity index (χ0) is 14.5. The average Bonchev–Trinajstić information content (AvgIpc) is 2.53. The summed E-state index contributed by atoms with van der Waals surface area (Å²) in [6.45, 7) is 0. The predicted octanol–water partition coefficient (Wildman–Crippen LogP) is 2.77. The van der Waals surface area contributed by atoms with Crippen molar-refractivity contribution in [1.82, 2.24) is 0 Å². The number of carbonyl (C=O) groups is 2. The summed E-state index contributed by atoms with van der Waals surface area (Å²) in [4.78, 5) is 24.3. The summed E-state index contributed by atoms with van der Waals surface area (Å²) in [7, 11) is 2.98. The van der Waals surface area contributed by atoms with Gasteiger partial charge in [0, 0.05) is 17.2 Å². The molecule has 4 heteroatoms. The van der Waals surface area contributed by atoms with Gasteiger partial charge in [0.1, 0.15) is 11.5 Å². The Morgan fingerprint density at radius 2 is 1.25 bits per heavy atom. The topological polar surface area (TPSA) is 52.6 Å². The van der Waals surface area contributed by atoms with Gasteiger partial charge in [-0.3, -0.25) is 9.59 Å². The molecule has 0 saturated carbocycles. The molecule has 0 atom stereocenters. The highest BCUT2D eigenvalue weighted by Gasteiger charge is 2.19. The molecule has 20 heavy (non-hydrogen) atoms. The second-order valence-corrected chi connectivity index (χ2v) is 4.13. The summed E-state index contributed by atoms with van der Waals surface area (Å²) in [5.41, 5.74) is 0.606. The van der Waals surface area contributed by atoms with E-state index in [0.717, 1.165) is 0 Å². The lowest BCUT2D eigenvalue weighted by atomic mass is 10.0. The molecule has 0 aliphatic carbocycles. The van der Waals surface area contributed by atoms with Crippen molar-refractivity contribution in [2.75, 3.05) is 14.2 Å². The second kappa shape index (κ2) is 6.02. The number of Topliss-reactive ketones (excluding diaryl/α,β-unsaturated/α-hetero) is 2. The van der Waals surface area contributed by atoms with Crippen LogP contribution in [0.5, 0.6) is 11.5 Å². The van der Waals surface area contributed by atoms with E-state index in [1.54, 1.807) is 36.4 Å². The smallest absolute Gasteiger partial charge is 0.233 e. The lowest BCUT2D eigenvalue weighted by Crippen LogP contribution is -2.14. The highest BCUT2D eigenvalue weighted by molar-refractivity contribution is 6.49. The quantitative estimate of drug-likeness (QED) is 0.619. The van der Waals surface area contributed by atoms with Gasteiger partial charge in [-0.15, -0.1) is 0 Å². The van der Waals surface area contributed by atoms with Crippen molar-refractivity contribution in [3.05, 3.63) is 59.7 Å². The number of carbonyl (C=O) groups excluding carboxylic acids is 2. The first-order valence-electron chi connectivity index (χ1n) is 6.03. The van der Waals surface area contributed by atoms with Gasteiger partial charge in [-0.05, 0) is 12.1 Å². The van der Waals surface area contributed by atoms with Crippen molar-refractivity contribution < 1.29 is 19.1 Å². The molecule has 0 bridgehead atoms. The third kappa shape index (κ3) is 2.85. The first-order chi connectivity index (χ1) is 9.65. The molecule has 0 saturated heterocycles. The Bertz CT molecular complexity index is 610. The van der Waals surface area contributed by atoms with Crippen molar-refractivity contribution in [3.63, 3.8) is 0 Å². The van der Waals surface area contributed by atoms with Crippen LogP contribution in [-0.4, -0.2) is 25.8 Å². The summed E-state index contributed by atoms with van der Waals surface area (Å²) in [6.07, 6.45) is 0. The Labute approximate surface area is 116 Å². The minimum atomic E-state index is -0.589. The molecule has 2 aromatic carbocycles. The molecule has 0 aromatic heterocycles. The van der Waals surface area contributed by atoms with Crippen LogP contribution in [-0.2, 0) is 0 Å². The third-order valence-electron chi connectivity index (χ3n) is 2.86. The molecule has 0 N–H and O–H groups in total. The Hall–Kier alpha value is -2.62. The fourth-order valence-corrected chi connectivity index (χ4v) is 1.79. The van der Waals surface area contributed by atoms with Crippen molar-refractivity contribution in [1.29, 1.82) is 0 Å². The van der Waals surface area contributed by atoms with E-state index < -0.39 is 11.6 Å². The molecular formula is C16H14O4. The second-order valence-electron chi connectivity index (χ2n) is 4.13. The van der Waals surface area contributed by atoms with Gasteiger partial charge in [-0.2, -0.15) is 0 Å². The summed E-state index contributed by atoms with van der Waals surface area (Å²) in [5, 5.41) is 0. The van der Waals surface area contributed by atoms with Gasteiger partial charge < -0.3 is 9.47 Å². The van der Waals surface area contributed by atoms with Crippen LogP contribution in [0.15, 0.2) is 48.5 Å². The first-order valence-corrected chi connectivity index (χ1v) is 6.03. The molecule has 0 fully saturated rings. The van der Waals surface area contributed by atoms with Crippen molar-refractivity contribution in [2.24, 2.45) is 0 Å². The maximum atomic E-state index is 12.2. The molecule has 2 aromatic rings. The molecule has 102 valence electrons. The molecule has 4 nitrogen and oxygen atoms in total. The molecular weight excluding hydrogens is 256 g/mol. The molecule has 2 rings (SSSR count). The van der Waals surface area contributed by atoms with E-state index in [1.807, 2.05) is 0 Å². The number of hydrogen-bond donors (Lipinski definition) is 0. The minimum Gasteiger partial charge on any atom is -0.497 e. The van der Waals surface area contributed by atoms with Gasteiger partial charge in [0.25, 0.3) is 0 Å². The van der Waals surface area contributed by atoms with Crippen LogP contribution >= 0.6 is 0 Å². The number of ketones is 2. The molecule has 0 unspecified atom stereocenters. The van der Waals surface area contributed by atoms with Crippen LogP contribution in [0.3, 0.4) is 0 Å². The maximum absolute atomic E-state index is 12.2. The fourth-order valence-electron chi connectivity index (χ4n) is 1.79. The molecule has 0 radical (unpaired) electrons. The standard InChI is InChI=1S/C16H14O4/c1-19-13-8-12(9-14(10-13)20-2)16(18)15(17)11-6-4-3-5-7-11/h3-10H,1-2H3. The van der Waals surface area contributed by atoms with Crippen LogP contribution < -0.4 is 9.47 Å². The highest BCUT2D eigenvalue weighted by Crippen LogP contribution is 2.23. The Morgan fingerprint density at radius 1 is 0.750 bits per heavy atom. The Morgan fingerprint density at radius 3 is 1.75 bits per heavy atom. The zero-order valence-corrected chi connectivity index (χ0v) is 11.3. The van der Waals surface area contributed by atoms with Gasteiger partial charge in [-0.1, -0.05) is 30.3 Å². The fraction of sp³-hybridized carbons (Fsp3) is 0.125. The van der Waals surface area contributed by atoms with Gasteiger partial charge in [0.2, 0.25) is 11.6 Å². The summed E-state index contributed by atoms with van der Waals surface area (Å²) in [5.74, 6) is -0.212. The SMILES string of the molecule is COc1cc(OC)cc(C(=O)C(=O)c2ccccc2)c1. The number of ether oxygens (including phenoxy) is 2. The minimum absolute atomic E-state index is 0.245. The molecule has 0 spiro atoms. The van der Waals surface area contributed by atoms with Crippen LogP contribution in [0.25, 0.3) is 0 Å². The molecule has 0 aliphatic heterocycles. The van der Waals surface area contributed by atoms with E-state index in [9.17, 15) is 9.59 Å². The molecule has 0 aliphatic rings. The predicted molar refractivity (Wildman–Crippen MR) is 74.6 cm³/mol. The summed E-state index contributed by atoms with van der Waals surface area (Å²) < 4.78 is 10.2. The maximum Gasteiger partial charge on any atom is 0.233 e. The Balaban J connectivity index is 2.36. The normalized spacial score (nSPS) is 9.90. The molecule has 0 heterocycles. The third-order valence-corrected chi connectivity index (χ3v) is 2.86. The number of benzene rings is 2. The van der Waals surface area contributed by atoms with Crippen molar-refractivity contribution in [2.45, 2.75) is 0 Å².